The number of nitrogens with one attached hydrogen (secondary N) is 2. The van der Waals surface area contributed by atoms with E-state index < -0.39 is 10.0 Å². The highest BCUT2D eigenvalue weighted by atomic mass is 35.5. The number of aryl methyl sites for hydroxylation is 1. The number of carbonyl (C=O) groups is 1. The summed E-state index contributed by atoms with van der Waals surface area (Å²) in [6.07, 6.45) is 5.96. The molecule has 0 saturated heterocycles. The maximum absolute atomic E-state index is 12.6. The van der Waals surface area contributed by atoms with Gasteiger partial charge in [0.05, 0.1) is 4.90 Å². The van der Waals surface area contributed by atoms with Gasteiger partial charge in [0.15, 0.2) is 0 Å². The number of hydrogen-bond donors (Lipinski definition) is 2. The predicted octanol–water partition coefficient (Wildman–Crippen LogP) is 4.83. The zero-order chi connectivity index (χ0) is 20.9. The van der Waals surface area contributed by atoms with E-state index in [1.807, 2.05) is 13.0 Å². The molecule has 3 rings (SSSR count). The molecule has 2 aromatic carbocycles. The molecule has 0 aliphatic heterocycles. The van der Waals surface area contributed by atoms with Crippen molar-refractivity contribution in [1.82, 2.24) is 4.72 Å². The number of anilines is 1. The monoisotopic (exact) mass is 434 g/mol. The fraction of sp³-hybridized carbons (Fsp3) is 0.409. The Bertz CT molecular complexity index is 953. The lowest BCUT2D eigenvalue weighted by Crippen LogP contribution is -2.36. The average Bonchev–Trinajstić information content (AvgIpc) is 2.71. The highest BCUT2D eigenvalue weighted by Gasteiger charge is 2.21. The first-order valence-corrected chi connectivity index (χ1v) is 11.9. The molecule has 156 valence electrons. The molecule has 29 heavy (non-hydrogen) atoms. The van der Waals surface area contributed by atoms with Crippen molar-refractivity contribution in [2.75, 3.05) is 5.32 Å². The zero-order valence-electron chi connectivity index (χ0n) is 16.6. The van der Waals surface area contributed by atoms with Crippen molar-refractivity contribution in [3.05, 3.63) is 58.6 Å². The Balaban J connectivity index is 1.54. The minimum absolute atomic E-state index is 0.0343. The Kier molecular flexibility index (Phi) is 7.33. The standard InChI is InChI=1S/C22H27ClN2O3S/c1-16-20(23)8-5-9-21(16)24-22(26)15-12-17-10-13-19(14-11-17)29(27,28)25-18-6-3-2-4-7-18/h5,8-11,13-14,18,25H,2-4,6-7,12,15H2,1H3,(H,24,26). The van der Waals surface area contributed by atoms with Crippen molar-refractivity contribution >= 4 is 33.2 Å². The SMILES string of the molecule is Cc1c(Cl)cccc1NC(=O)CCc1ccc(S(=O)(=O)NC2CCCCC2)cc1. The van der Waals surface area contributed by atoms with Crippen molar-refractivity contribution in [2.24, 2.45) is 0 Å². The molecule has 7 heteroatoms. The van der Waals surface area contributed by atoms with E-state index in [1.54, 1.807) is 36.4 Å². The third kappa shape index (κ3) is 6.04. The normalized spacial score (nSPS) is 15.2. The minimum Gasteiger partial charge on any atom is -0.326 e. The van der Waals surface area contributed by atoms with Gasteiger partial charge < -0.3 is 5.32 Å². The van der Waals surface area contributed by atoms with Crippen molar-refractivity contribution in [3.63, 3.8) is 0 Å². The van der Waals surface area contributed by atoms with Crippen LogP contribution in [0.3, 0.4) is 0 Å². The lowest BCUT2D eigenvalue weighted by molar-refractivity contribution is -0.116. The predicted molar refractivity (Wildman–Crippen MR) is 117 cm³/mol. The van der Waals surface area contributed by atoms with Crippen LogP contribution in [0.1, 0.15) is 49.7 Å². The highest BCUT2D eigenvalue weighted by molar-refractivity contribution is 7.89. The zero-order valence-corrected chi connectivity index (χ0v) is 18.2. The molecular weight excluding hydrogens is 408 g/mol. The van der Waals surface area contributed by atoms with Crippen LogP contribution >= 0.6 is 11.6 Å². The van der Waals surface area contributed by atoms with Gasteiger partial charge in [-0.2, -0.15) is 0 Å². The molecule has 2 N–H and O–H groups in total. The Hall–Kier alpha value is -1.89. The smallest absolute Gasteiger partial charge is 0.240 e. The molecule has 0 radical (unpaired) electrons. The molecule has 1 fully saturated rings. The van der Waals surface area contributed by atoms with Gasteiger partial charge in [-0.05, 0) is 61.6 Å². The number of carbonyl (C=O) groups excluding carboxylic acids is 1. The van der Waals surface area contributed by atoms with Crippen molar-refractivity contribution in [3.8, 4) is 0 Å². The van der Waals surface area contributed by atoms with Gasteiger partial charge in [-0.1, -0.05) is 49.1 Å². The summed E-state index contributed by atoms with van der Waals surface area (Å²) in [7, 11) is -3.50. The maximum Gasteiger partial charge on any atom is 0.240 e. The van der Waals surface area contributed by atoms with Crippen LogP contribution in [0.25, 0.3) is 0 Å². The van der Waals surface area contributed by atoms with Crippen LogP contribution in [0.2, 0.25) is 5.02 Å². The number of sulfonamides is 1. The van der Waals surface area contributed by atoms with E-state index >= 15 is 0 Å². The summed E-state index contributed by atoms with van der Waals surface area (Å²) in [4.78, 5) is 12.5. The minimum atomic E-state index is -3.50. The molecule has 1 aliphatic carbocycles. The van der Waals surface area contributed by atoms with E-state index in [0.29, 0.717) is 23.6 Å². The fourth-order valence-corrected chi connectivity index (χ4v) is 5.04. The number of halogens is 1. The van der Waals surface area contributed by atoms with Crippen molar-refractivity contribution in [1.29, 1.82) is 0 Å². The molecule has 5 nitrogen and oxygen atoms in total. The summed E-state index contributed by atoms with van der Waals surface area (Å²) in [6, 6.07) is 12.2. The second kappa shape index (κ2) is 9.74. The van der Waals surface area contributed by atoms with Crippen LogP contribution in [-0.2, 0) is 21.2 Å². The molecule has 1 aliphatic rings. The van der Waals surface area contributed by atoms with Gasteiger partial charge in [0, 0.05) is 23.2 Å². The summed E-state index contributed by atoms with van der Waals surface area (Å²) in [5.74, 6) is -0.106. The Morgan fingerprint density at radius 3 is 2.45 bits per heavy atom. The van der Waals surface area contributed by atoms with Crippen molar-refractivity contribution in [2.45, 2.75) is 62.8 Å². The van der Waals surface area contributed by atoms with Crippen LogP contribution in [0.4, 0.5) is 5.69 Å². The first-order valence-electron chi connectivity index (χ1n) is 10.0. The second-order valence-electron chi connectivity index (χ2n) is 7.56. The lowest BCUT2D eigenvalue weighted by atomic mass is 9.96. The highest BCUT2D eigenvalue weighted by Crippen LogP contribution is 2.23. The summed E-state index contributed by atoms with van der Waals surface area (Å²) >= 11 is 6.08. The molecule has 0 atom stereocenters. The van der Waals surface area contributed by atoms with E-state index in [-0.39, 0.29) is 16.8 Å². The second-order valence-corrected chi connectivity index (χ2v) is 9.68. The third-order valence-corrected chi connectivity index (χ3v) is 7.29. The largest absolute Gasteiger partial charge is 0.326 e. The van der Waals surface area contributed by atoms with E-state index in [2.05, 4.69) is 10.0 Å². The Labute approximate surface area is 177 Å². The quantitative estimate of drug-likeness (QED) is 0.655. The van der Waals surface area contributed by atoms with E-state index in [1.165, 1.54) is 6.42 Å². The molecule has 0 unspecified atom stereocenters. The summed E-state index contributed by atoms with van der Waals surface area (Å²) < 4.78 is 27.9. The molecule has 0 spiro atoms. The number of hydrogen-bond acceptors (Lipinski definition) is 3. The summed E-state index contributed by atoms with van der Waals surface area (Å²) in [5, 5.41) is 3.49. The van der Waals surface area contributed by atoms with Crippen LogP contribution in [0.15, 0.2) is 47.4 Å². The first kappa shape index (κ1) is 21.8. The molecule has 0 heterocycles. The molecule has 2 aromatic rings. The topological polar surface area (TPSA) is 75.3 Å². The number of rotatable bonds is 7. The van der Waals surface area contributed by atoms with E-state index in [4.69, 9.17) is 11.6 Å². The number of benzene rings is 2. The van der Waals surface area contributed by atoms with Crippen LogP contribution < -0.4 is 10.0 Å². The van der Waals surface area contributed by atoms with Crippen molar-refractivity contribution < 1.29 is 13.2 Å². The van der Waals surface area contributed by atoms with Gasteiger partial charge in [0.2, 0.25) is 15.9 Å². The van der Waals surface area contributed by atoms with E-state index in [9.17, 15) is 13.2 Å². The van der Waals surface area contributed by atoms with Gasteiger partial charge in [-0.3, -0.25) is 4.79 Å². The van der Waals surface area contributed by atoms with E-state index in [0.717, 1.165) is 36.8 Å². The van der Waals surface area contributed by atoms with Gasteiger partial charge >= 0.3 is 0 Å². The first-order chi connectivity index (χ1) is 13.8. The molecule has 0 aromatic heterocycles. The molecule has 0 bridgehead atoms. The summed E-state index contributed by atoms with van der Waals surface area (Å²) in [6.45, 7) is 1.86. The van der Waals surface area contributed by atoms with Crippen LogP contribution in [0.5, 0.6) is 0 Å². The van der Waals surface area contributed by atoms with Gasteiger partial charge in [0.1, 0.15) is 0 Å². The Morgan fingerprint density at radius 1 is 1.07 bits per heavy atom. The third-order valence-electron chi connectivity index (χ3n) is 5.34. The van der Waals surface area contributed by atoms with Crippen LogP contribution in [-0.4, -0.2) is 20.4 Å². The van der Waals surface area contributed by atoms with Crippen LogP contribution in [0, 0.1) is 6.92 Å². The van der Waals surface area contributed by atoms with Gasteiger partial charge in [-0.15, -0.1) is 0 Å². The number of amides is 1. The Morgan fingerprint density at radius 2 is 1.76 bits per heavy atom. The molecule has 1 saturated carbocycles. The summed E-state index contributed by atoms with van der Waals surface area (Å²) in [5.41, 5.74) is 2.46. The average molecular weight is 435 g/mol. The lowest BCUT2D eigenvalue weighted by Gasteiger charge is -2.22. The molecular formula is C22H27ClN2O3S. The fourth-order valence-electron chi connectivity index (χ4n) is 3.56. The van der Waals surface area contributed by atoms with Gasteiger partial charge in [0.25, 0.3) is 0 Å². The maximum atomic E-state index is 12.6. The molecule has 1 amide bonds. The van der Waals surface area contributed by atoms with Gasteiger partial charge in [-0.25, -0.2) is 13.1 Å².